The standard InChI is InChI=1S/C21H21F4NO/c22-19-9-6-15(10-18(19)21(23,24)25)20(27)11-16-7-8-17(12-20)26(16)13-14-4-2-1-3-5-14/h1-6,9-10,16-17,27H,7-8,11-13H2. The van der Waals surface area contributed by atoms with Crippen molar-refractivity contribution in [3.8, 4) is 0 Å². The molecule has 2 aromatic carbocycles. The molecule has 0 spiro atoms. The molecule has 2 atom stereocenters. The van der Waals surface area contributed by atoms with E-state index in [2.05, 4.69) is 17.0 Å². The normalized spacial score (nSPS) is 28.5. The monoisotopic (exact) mass is 379 g/mol. The highest BCUT2D eigenvalue weighted by atomic mass is 19.4. The van der Waals surface area contributed by atoms with E-state index < -0.39 is 23.2 Å². The molecule has 0 aromatic heterocycles. The second-order valence-corrected chi connectivity index (χ2v) is 7.68. The number of piperidine rings is 1. The summed E-state index contributed by atoms with van der Waals surface area (Å²) in [4.78, 5) is 2.35. The maximum absolute atomic E-state index is 13.6. The van der Waals surface area contributed by atoms with Crippen LogP contribution in [0.5, 0.6) is 0 Å². The Morgan fingerprint density at radius 3 is 2.22 bits per heavy atom. The molecule has 0 radical (unpaired) electrons. The topological polar surface area (TPSA) is 23.5 Å². The van der Waals surface area contributed by atoms with Crippen LogP contribution in [0.1, 0.15) is 42.4 Å². The molecule has 0 saturated carbocycles. The summed E-state index contributed by atoms with van der Waals surface area (Å²) in [6.45, 7) is 0.767. The van der Waals surface area contributed by atoms with Gasteiger partial charge in [0, 0.05) is 18.6 Å². The van der Waals surface area contributed by atoms with Gasteiger partial charge in [0.25, 0.3) is 0 Å². The Balaban J connectivity index is 1.59. The maximum Gasteiger partial charge on any atom is 0.419 e. The number of fused-ring (bicyclic) bond motifs is 2. The minimum absolute atomic E-state index is 0.105. The Morgan fingerprint density at radius 1 is 1.00 bits per heavy atom. The second kappa shape index (κ2) is 6.60. The number of halogens is 4. The summed E-state index contributed by atoms with van der Waals surface area (Å²) in [7, 11) is 0. The summed E-state index contributed by atoms with van der Waals surface area (Å²) in [6, 6.07) is 13.1. The summed E-state index contributed by atoms with van der Waals surface area (Å²) in [6.07, 6.45) is -2.23. The Morgan fingerprint density at radius 2 is 1.63 bits per heavy atom. The van der Waals surface area contributed by atoms with Crippen molar-refractivity contribution in [3.63, 3.8) is 0 Å². The van der Waals surface area contributed by atoms with Gasteiger partial charge in [0.1, 0.15) is 5.82 Å². The van der Waals surface area contributed by atoms with Crippen LogP contribution in [0.15, 0.2) is 48.5 Å². The molecule has 2 nitrogen and oxygen atoms in total. The summed E-state index contributed by atoms with van der Waals surface area (Å²) in [5.41, 5.74) is -1.33. The summed E-state index contributed by atoms with van der Waals surface area (Å²) >= 11 is 0. The first-order chi connectivity index (χ1) is 12.8. The molecular formula is C21H21F4NO. The molecule has 144 valence electrons. The summed E-state index contributed by atoms with van der Waals surface area (Å²) in [5, 5.41) is 11.2. The SMILES string of the molecule is OC1(c2ccc(F)c(C(F)(F)F)c2)CC2CCC(C1)N2Cc1ccccc1. The van der Waals surface area contributed by atoms with Crippen LogP contribution in [-0.2, 0) is 18.3 Å². The lowest BCUT2D eigenvalue weighted by Crippen LogP contribution is -2.49. The number of aliphatic hydroxyl groups is 1. The van der Waals surface area contributed by atoms with Gasteiger partial charge in [-0.15, -0.1) is 0 Å². The zero-order valence-electron chi connectivity index (χ0n) is 14.7. The van der Waals surface area contributed by atoms with Crippen LogP contribution >= 0.6 is 0 Å². The number of nitrogens with zero attached hydrogens (tertiary/aromatic N) is 1. The Bertz CT molecular complexity index is 807. The predicted molar refractivity (Wildman–Crippen MR) is 93.3 cm³/mol. The molecule has 1 N–H and O–H groups in total. The molecule has 2 unspecified atom stereocenters. The molecule has 6 heteroatoms. The van der Waals surface area contributed by atoms with E-state index in [1.165, 1.54) is 11.6 Å². The van der Waals surface area contributed by atoms with E-state index in [1.807, 2.05) is 18.2 Å². The molecule has 0 aliphatic carbocycles. The zero-order chi connectivity index (χ0) is 19.2. The van der Waals surface area contributed by atoms with Crippen LogP contribution in [0.3, 0.4) is 0 Å². The highest BCUT2D eigenvalue weighted by Gasteiger charge is 2.48. The average molecular weight is 379 g/mol. The van der Waals surface area contributed by atoms with E-state index in [0.29, 0.717) is 12.8 Å². The van der Waals surface area contributed by atoms with E-state index in [0.717, 1.165) is 31.5 Å². The van der Waals surface area contributed by atoms with Crippen molar-refractivity contribution in [3.05, 3.63) is 71.0 Å². The van der Waals surface area contributed by atoms with Crippen molar-refractivity contribution in [2.75, 3.05) is 0 Å². The van der Waals surface area contributed by atoms with Crippen LogP contribution < -0.4 is 0 Å². The molecule has 2 fully saturated rings. The minimum atomic E-state index is -4.77. The van der Waals surface area contributed by atoms with Gasteiger partial charge in [0.05, 0.1) is 11.2 Å². The first-order valence-electron chi connectivity index (χ1n) is 9.15. The van der Waals surface area contributed by atoms with E-state index in [9.17, 15) is 22.7 Å². The highest BCUT2D eigenvalue weighted by Crippen LogP contribution is 2.47. The van der Waals surface area contributed by atoms with E-state index in [-0.39, 0.29) is 17.6 Å². The van der Waals surface area contributed by atoms with Gasteiger partial charge in [0.15, 0.2) is 0 Å². The number of rotatable bonds is 3. The number of alkyl halides is 3. The van der Waals surface area contributed by atoms with Gasteiger partial charge in [-0.25, -0.2) is 4.39 Å². The number of hydrogen-bond acceptors (Lipinski definition) is 2. The molecule has 27 heavy (non-hydrogen) atoms. The molecule has 2 bridgehead atoms. The Kier molecular flexibility index (Phi) is 4.51. The third-order valence-electron chi connectivity index (χ3n) is 5.93. The summed E-state index contributed by atoms with van der Waals surface area (Å²) < 4.78 is 52.8. The number of benzene rings is 2. The highest BCUT2D eigenvalue weighted by molar-refractivity contribution is 5.33. The van der Waals surface area contributed by atoms with Gasteiger partial charge >= 0.3 is 6.18 Å². The van der Waals surface area contributed by atoms with Crippen LogP contribution in [0, 0.1) is 5.82 Å². The van der Waals surface area contributed by atoms with Crippen LogP contribution in [0.25, 0.3) is 0 Å². The van der Waals surface area contributed by atoms with Crippen molar-refractivity contribution in [2.24, 2.45) is 0 Å². The van der Waals surface area contributed by atoms with E-state index in [4.69, 9.17) is 0 Å². The number of hydrogen-bond donors (Lipinski definition) is 1. The molecule has 0 amide bonds. The van der Waals surface area contributed by atoms with Crippen LogP contribution in [0.4, 0.5) is 17.6 Å². The van der Waals surface area contributed by atoms with E-state index in [1.54, 1.807) is 0 Å². The molecule has 2 aliphatic heterocycles. The van der Waals surface area contributed by atoms with E-state index >= 15 is 0 Å². The average Bonchev–Trinajstić information content (AvgIpc) is 2.86. The largest absolute Gasteiger partial charge is 0.419 e. The molecule has 4 rings (SSSR count). The lowest BCUT2D eigenvalue weighted by Gasteiger charge is -2.44. The van der Waals surface area contributed by atoms with Crippen LogP contribution in [0.2, 0.25) is 0 Å². The van der Waals surface area contributed by atoms with Gasteiger partial charge in [-0.3, -0.25) is 4.90 Å². The lowest BCUT2D eigenvalue weighted by atomic mass is 9.80. The van der Waals surface area contributed by atoms with Gasteiger partial charge in [-0.1, -0.05) is 36.4 Å². The van der Waals surface area contributed by atoms with Crippen molar-refractivity contribution < 1.29 is 22.7 Å². The fourth-order valence-electron chi connectivity index (χ4n) is 4.64. The van der Waals surface area contributed by atoms with Crippen molar-refractivity contribution in [2.45, 2.75) is 56.1 Å². The first-order valence-corrected chi connectivity index (χ1v) is 9.15. The minimum Gasteiger partial charge on any atom is -0.385 e. The Labute approximate surface area is 155 Å². The molecule has 2 aliphatic rings. The van der Waals surface area contributed by atoms with Gasteiger partial charge in [-0.2, -0.15) is 13.2 Å². The Hall–Kier alpha value is -1.92. The maximum atomic E-state index is 13.6. The predicted octanol–water partition coefficient (Wildman–Crippen LogP) is 4.86. The third-order valence-corrected chi connectivity index (χ3v) is 5.93. The molecular weight excluding hydrogens is 358 g/mol. The van der Waals surface area contributed by atoms with Crippen molar-refractivity contribution in [1.82, 2.24) is 4.90 Å². The fraction of sp³-hybridized carbons (Fsp3) is 0.429. The third kappa shape index (κ3) is 3.48. The zero-order valence-corrected chi connectivity index (χ0v) is 14.7. The molecule has 2 saturated heterocycles. The first kappa shape index (κ1) is 18.4. The molecule has 2 heterocycles. The second-order valence-electron chi connectivity index (χ2n) is 7.68. The van der Waals surface area contributed by atoms with Gasteiger partial charge in [-0.05, 0) is 48.9 Å². The smallest absolute Gasteiger partial charge is 0.385 e. The molecule has 2 aromatic rings. The van der Waals surface area contributed by atoms with Crippen molar-refractivity contribution >= 4 is 0 Å². The van der Waals surface area contributed by atoms with Gasteiger partial charge in [0.2, 0.25) is 0 Å². The lowest BCUT2D eigenvalue weighted by molar-refractivity contribution is -0.140. The van der Waals surface area contributed by atoms with Gasteiger partial charge < -0.3 is 5.11 Å². The van der Waals surface area contributed by atoms with Crippen molar-refractivity contribution in [1.29, 1.82) is 0 Å². The summed E-state index contributed by atoms with van der Waals surface area (Å²) in [5.74, 6) is -1.31. The fourth-order valence-corrected chi connectivity index (χ4v) is 4.64. The quantitative estimate of drug-likeness (QED) is 0.770. The van der Waals surface area contributed by atoms with Crippen LogP contribution in [-0.4, -0.2) is 22.1 Å².